The molecule has 0 saturated heterocycles. The number of hydrogen-bond donors (Lipinski definition) is 1. The van der Waals surface area contributed by atoms with Crippen molar-refractivity contribution >= 4 is 16.7 Å². The van der Waals surface area contributed by atoms with Gasteiger partial charge in [-0.25, -0.2) is 0 Å². The summed E-state index contributed by atoms with van der Waals surface area (Å²) in [4.78, 5) is 12.1. The third-order valence-electron chi connectivity index (χ3n) is 3.36. The maximum atomic E-state index is 12.1. The summed E-state index contributed by atoms with van der Waals surface area (Å²) in [6.45, 7) is 4.46. The minimum Gasteiger partial charge on any atom is -0.347 e. The third-order valence-corrected chi connectivity index (χ3v) is 3.36. The molecule has 0 aliphatic carbocycles. The normalized spacial score (nSPS) is 11.1. The molecule has 2 rings (SSSR count). The highest BCUT2D eigenvalue weighted by atomic mass is 16.1. The van der Waals surface area contributed by atoms with Gasteiger partial charge in [0, 0.05) is 30.1 Å². The van der Waals surface area contributed by atoms with E-state index in [9.17, 15) is 4.79 Å². The van der Waals surface area contributed by atoms with Crippen molar-refractivity contribution in [2.24, 2.45) is 12.8 Å². The maximum Gasteiger partial charge on any atom is 0.166 e. The van der Waals surface area contributed by atoms with Crippen molar-refractivity contribution in [2.75, 3.05) is 6.54 Å². The molecule has 0 saturated carbocycles. The Morgan fingerprint density at radius 2 is 2.06 bits per heavy atom. The highest BCUT2D eigenvalue weighted by molar-refractivity contribution is 6.10. The molecule has 0 unspecified atom stereocenters. The Hall–Kier alpha value is -1.61. The smallest absolute Gasteiger partial charge is 0.166 e. The lowest BCUT2D eigenvalue weighted by Crippen LogP contribution is -2.09. The molecule has 0 atom stereocenters. The lowest BCUT2D eigenvalue weighted by Gasteiger charge is -2.01. The molecule has 0 amide bonds. The van der Waals surface area contributed by atoms with Gasteiger partial charge >= 0.3 is 0 Å². The minimum atomic E-state index is 0.140. The van der Waals surface area contributed by atoms with Crippen molar-refractivity contribution in [3.05, 3.63) is 35.0 Å². The fraction of sp³-hybridized carbons (Fsp3) is 0.357. The zero-order valence-corrected chi connectivity index (χ0v) is 10.6. The number of benzene rings is 1. The predicted molar refractivity (Wildman–Crippen MR) is 70.4 cm³/mol. The number of aryl methyl sites for hydroxylation is 2. The van der Waals surface area contributed by atoms with Crippen molar-refractivity contribution in [3.8, 4) is 0 Å². The van der Waals surface area contributed by atoms with Crippen LogP contribution < -0.4 is 5.73 Å². The van der Waals surface area contributed by atoms with Crippen LogP contribution in [0, 0.1) is 13.8 Å². The second-order valence-electron chi connectivity index (χ2n) is 4.45. The summed E-state index contributed by atoms with van der Waals surface area (Å²) < 4.78 is 2.09. The number of Topliss-reactive ketones (excluding diaryl/α,β-unsaturated/α-hetero) is 1. The van der Waals surface area contributed by atoms with Gasteiger partial charge in [0.2, 0.25) is 0 Å². The van der Waals surface area contributed by atoms with Gasteiger partial charge in [-0.15, -0.1) is 0 Å². The summed E-state index contributed by atoms with van der Waals surface area (Å²) in [5.74, 6) is 0.140. The van der Waals surface area contributed by atoms with Gasteiger partial charge in [0.05, 0.1) is 5.52 Å². The van der Waals surface area contributed by atoms with Crippen molar-refractivity contribution in [1.29, 1.82) is 0 Å². The molecule has 1 aromatic carbocycles. The number of para-hydroxylation sites is 1. The topological polar surface area (TPSA) is 48.0 Å². The van der Waals surface area contributed by atoms with E-state index in [-0.39, 0.29) is 5.78 Å². The monoisotopic (exact) mass is 230 g/mol. The highest BCUT2D eigenvalue weighted by Crippen LogP contribution is 2.28. The standard InChI is InChI=1S/C14H18N2O/c1-9-5-4-6-11-13(12(17)7-8-15)10(2)16(3)14(9)11/h4-6H,7-8,15H2,1-3H3. The van der Waals surface area contributed by atoms with Crippen LogP contribution in [0.25, 0.3) is 10.9 Å². The molecule has 0 aliphatic rings. The van der Waals surface area contributed by atoms with Crippen molar-refractivity contribution < 1.29 is 4.79 Å². The number of aromatic nitrogens is 1. The fourth-order valence-electron chi connectivity index (χ4n) is 2.44. The van der Waals surface area contributed by atoms with E-state index in [1.807, 2.05) is 26.1 Å². The molecule has 2 N–H and O–H groups in total. The number of nitrogens with zero attached hydrogens (tertiary/aromatic N) is 1. The van der Waals surface area contributed by atoms with Gasteiger partial charge in [-0.3, -0.25) is 4.79 Å². The van der Waals surface area contributed by atoms with Gasteiger partial charge in [-0.05, 0) is 26.0 Å². The molecular weight excluding hydrogens is 212 g/mol. The van der Waals surface area contributed by atoms with Crippen LogP contribution in [0.5, 0.6) is 0 Å². The first-order chi connectivity index (χ1) is 8.07. The summed E-state index contributed by atoms with van der Waals surface area (Å²) in [5.41, 5.74) is 9.66. The molecule has 3 heteroatoms. The number of carbonyl (C=O) groups excluding carboxylic acids is 1. The van der Waals surface area contributed by atoms with Gasteiger partial charge in [0.25, 0.3) is 0 Å². The van der Waals surface area contributed by atoms with Gasteiger partial charge in [-0.2, -0.15) is 0 Å². The summed E-state index contributed by atoms with van der Waals surface area (Å²) in [7, 11) is 2.00. The Kier molecular flexibility index (Phi) is 3.03. The van der Waals surface area contributed by atoms with Crippen molar-refractivity contribution in [3.63, 3.8) is 0 Å². The minimum absolute atomic E-state index is 0.140. The van der Waals surface area contributed by atoms with E-state index in [4.69, 9.17) is 5.73 Å². The first-order valence-corrected chi connectivity index (χ1v) is 5.85. The Balaban J connectivity index is 2.76. The highest BCUT2D eigenvalue weighted by Gasteiger charge is 2.18. The lowest BCUT2D eigenvalue weighted by molar-refractivity contribution is 0.0986. The Morgan fingerprint density at radius 1 is 1.35 bits per heavy atom. The molecule has 0 aliphatic heterocycles. The molecular formula is C14H18N2O. The molecule has 0 radical (unpaired) electrons. The number of carbonyl (C=O) groups is 1. The van der Waals surface area contributed by atoms with Gasteiger partial charge in [0.15, 0.2) is 5.78 Å². The van der Waals surface area contributed by atoms with E-state index in [2.05, 4.69) is 17.6 Å². The fourth-order valence-corrected chi connectivity index (χ4v) is 2.44. The van der Waals surface area contributed by atoms with Crippen LogP contribution in [0.4, 0.5) is 0 Å². The average molecular weight is 230 g/mol. The van der Waals surface area contributed by atoms with Crippen LogP contribution in [0.1, 0.15) is 28.0 Å². The van der Waals surface area contributed by atoms with E-state index < -0.39 is 0 Å². The second-order valence-corrected chi connectivity index (χ2v) is 4.45. The van der Waals surface area contributed by atoms with Crippen molar-refractivity contribution in [2.45, 2.75) is 20.3 Å². The molecule has 1 heterocycles. The first kappa shape index (κ1) is 11.9. The van der Waals surface area contributed by atoms with E-state index in [0.717, 1.165) is 22.2 Å². The summed E-state index contributed by atoms with van der Waals surface area (Å²) in [5, 5.41) is 1.04. The molecule has 3 nitrogen and oxygen atoms in total. The van der Waals surface area contributed by atoms with Crippen LogP contribution in [0.15, 0.2) is 18.2 Å². The zero-order chi connectivity index (χ0) is 12.6. The van der Waals surface area contributed by atoms with Crippen LogP contribution in [-0.2, 0) is 7.05 Å². The first-order valence-electron chi connectivity index (χ1n) is 5.85. The van der Waals surface area contributed by atoms with E-state index in [1.54, 1.807) is 0 Å². The third kappa shape index (κ3) is 1.76. The van der Waals surface area contributed by atoms with Gasteiger partial charge < -0.3 is 10.3 Å². The van der Waals surface area contributed by atoms with Crippen LogP contribution >= 0.6 is 0 Å². The Bertz CT molecular complexity index is 581. The maximum absolute atomic E-state index is 12.1. The summed E-state index contributed by atoms with van der Waals surface area (Å²) in [6, 6.07) is 6.08. The molecule has 2 aromatic rings. The molecule has 0 spiro atoms. The predicted octanol–water partition coefficient (Wildman–Crippen LogP) is 2.33. The molecule has 1 aromatic heterocycles. The average Bonchev–Trinajstić information content (AvgIpc) is 2.53. The van der Waals surface area contributed by atoms with Crippen LogP contribution in [0.3, 0.4) is 0 Å². The zero-order valence-electron chi connectivity index (χ0n) is 10.6. The molecule has 90 valence electrons. The van der Waals surface area contributed by atoms with Gasteiger partial charge in [-0.1, -0.05) is 18.2 Å². The van der Waals surface area contributed by atoms with E-state index >= 15 is 0 Å². The largest absolute Gasteiger partial charge is 0.347 e. The number of fused-ring (bicyclic) bond motifs is 1. The van der Waals surface area contributed by atoms with Crippen molar-refractivity contribution in [1.82, 2.24) is 4.57 Å². The second kappa shape index (κ2) is 4.34. The SMILES string of the molecule is Cc1cccc2c(C(=O)CCN)c(C)n(C)c12. The number of hydrogen-bond acceptors (Lipinski definition) is 2. The number of nitrogens with two attached hydrogens (primary N) is 1. The molecule has 17 heavy (non-hydrogen) atoms. The number of ketones is 1. The van der Waals surface area contributed by atoms with E-state index in [1.165, 1.54) is 5.56 Å². The van der Waals surface area contributed by atoms with Gasteiger partial charge in [0.1, 0.15) is 0 Å². The number of rotatable bonds is 3. The molecule has 0 bridgehead atoms. The van der Waals surface area contributed by atoms with E-state index in [0.29, 0.717) is 13.0 Å². The molecule has 0 fully saturated rings. The van der Waals surface area contributed by atoms with Crippen LogP contribution in [-0.4, -0.2) is 16.9 Å². The Labute approximate surface area is 101 Å². The Morgan fingerprint density at radius 3 is 2.71 bits per heavy atom. The summed E-state index contributed by atoms with van der Waals surface area (Å²) in [6.07, 6.45) is 0.411. The summed E-state index contributed by atoms with van der Waals surface area (Å²) >= 11 is 0. The van der Waals surface area contributed by atoms with Crippen LogP contribution in [0.2, 0.25) is 0 Å². The quantitative estimate of drug-likeness (QED) is 0.823. The lowest BCUT2D eigenvalue weighted by atomic mass is 10.0.